The van der Waals surface area contributed by atoms with Gasteiger partial charge in [-0.25, -0.2) is 14.0 Å². The van der Waals surface area contributed by atoms with Crippen molar-refractivity contribution in [3.63, 3.8) is 0 Å². The Labute approximate surface area is 178 Å². The summed E-state index contributed by atoms with van der Waals surface area (Å²) in [4.78, 5) is 13.6. The second kappa shape index (κ2) is 10.9. The van der Waals surface area contributed by atoms with Gasteiger partial charge in [0.15, 0.2) is 17.4 Å². The molecular formula is C15H15BF4N8O4. The lowest BCUT2D eigenvalue weighted by molar-refractivity contribution is -0.404. The van der Waals surface area contributed by atoms with E-state index in [1.807, 2.05) is 5.32 Å². The van der Waals surface area contributed by atoms with Crippen molar-refractivity contribution < 1.29 is 32.3 Å². The molecule has 0 aliphatic carbocycles. The van der Waals surface area contributed by atoms with E-state index >= 15 is 0 Å². The number of hydrogen-bond donors (Lipinski definition) is 5. The Morgan fingerprint density at radius 3 is 2.69 bits per heavy atom. The summed E-state index contributed by atoms with van der Waals surface area (Å²) in [6, 6.07) is 3.55. The Morgan fingerprint density at radius 2 is 2.06 bits per heavy atom. The summed E-state index contributed by atoms with van der Waals surface area (Å²) in [5.74, 6) is -1.38. The van der Waals surface area contributed by atoms with Gasteiger partial charge in [-0.1, -0.05) is 5.46 Å². The van der Waals surface area contributed by atoms with Crippen LogP contribution in [-0.2, 0) is 0 Å². The van der Waals surface area contributed by atoms with Gasteiger partial charge in [-0.05, 0) is 28.5 Å². The summed E-state index contributed by atoms with van der Waals surface area (Å²) in [7, 11) is 5.46. The highest BCUT2D eigenvalue weighted by Crippen LogP contribution is 2.16. The fourth-order valence-corrected chi connectivity index (χ4v) is 2.15. The zero-order valence-corrected chi connectivity index (χ0v) is 16.0. The zero-order chi connectivity index (χ0) is 23.7. The van der Waals surface area contributed by atoms with E-state index in [0.717, 1.165) is 6.07 Å². The molecule has 2 radical (unpaired) electrons. The third-order valence-corrected chi connectivity index (χ3v) is 3.49. The van der Waals surface area contributed by atoms with Crippen LogP contribution >= 0.6 is 0 Å². The predicted octanol–water partition coefficient (Wildman–Crippen LogP) is 0.289. The van der Waals surface area contributed by atoms with E-state index in [2.05, 4.69) is 30.6 Å². The molecule has 17 heteroatoms. The molecule has 1 aromatic heterocycles. The summed E-state index contributed by atoms with van der Waals surface area (Å²) >= 11 is 0. The first-order valence-electron chi connectivity index (χ1n) is 8.59. The van der Waals surface area contributed by atoms with Crippen molar-refractivity contribution in [3.05, 3.63) is 51.8 Å². The molecule has 0 amide bonds. The number of nitrogens with zero attached hydrogens (tertiary/aromatic N) is 4. The highest BCUT2D eigenvalue weighted by atomic mass is 19.4. The number of amidine groups is 1. The Hall–Kier alpha value is -3.89. The maximum absolute atomic E-state index is 13.3. The highest BCUT2D eigenvalue weighted by molar-refractivity contribution is 6.32. The van der Waals surface area contributed by atoms with Gasteiger partial charge in [0.2, 0.25) is 5.82 Å². The maximum atomic E-state index is 13.3. The molecule has 0 aliphatic heterocycles. The molecule has 2 aromatic rings. The van der Waals surface area contributed by atoms with Gasteiger partial charge in [-0.3, -0.25) is 20.8 Å². The van der Waals surface area contributed by atoms with Gasteiger partial charge in [-0.2, -0.15) is 13.2 Å². The second-order valence-electron chi connectivity index (χ2n) is 5.89. The number of alkyl halides is 3. The van der Waals surface area contributed by atoms with Gasteiger partial charge in [0.25, 0.3) is 6.20 Å². The minimum Gasteiger partial charge on any atom is -0.365 e. The number of hydrogen-bond acceptors (Lipinski definition) is 10. The lowest BCUT2D eigenvalue weighted by atomic mass is 9.95. The molecule has 32 heavy (non-hydrogen) atoms. The summed E-state index contributed by atoms with van der Waals surface area (Å²) in [6.07, 6.45) is -4.22. The van der Waals surface area contributed by atoms with Crippen molar-refractivity contribution in [2.24, 2.45) is 4.99 Å². The second-order valence-corrected chi connectivity index (χ2v) is 5.89. The van der Waals surface area contributed by atoms with Gasteiger partial charge in [-0.15, -0.1) is 0 Å². The largest absolute Gasteiger partial charge is 0.405 e. The Bertz CT molecular complexity index is 998. The van der Waals surface area contributed by atoms with Crippen molar-refractivity contribution in [1.29, 1.82) is 0 Å². The molecule has 170 valence electrons. The molecule has 12 nitrogen and oxygen atoms in total. The van der Waals surface area contributed by atoms with Crippen molar-refractivity contribution in [2.75, 3.05) is 25.0 Å². The number of aromatic nitrogens is 2. The Kier molecular flexibility index (Phi) is 8.34. The summed E-state index contributed by atoms with van der Waals surface area (Å²) in [5.41, 5.74) is 1.69. The van der Waals surface area contributed by atoms with E-state index in [0.29, 0.717) is 6.20 Å². The van der Waals surface area contributed by atoms with E-state index < -0.39 is 29.3 Å². The van der Waals surface area contributed by atoms with Crippen LogP contribution in [0.4, 0.5) is 29.1 Å². The molecule has 2 rings (SSSR count). The molecule has 0 aliphatic rings. The lowest BCUT2D eigenvalue weighted by Crippen LogP contribution is -2.36. The van der Waals surface area contributed by atoms with E-state index in [9.17, 15) is 32.9 Å². The molecule has 5 N–H and O–H groups in total. The quantitative estimate of drug-likeness (QED) is 0.0636. The van der Waals surface area contributed by atoms with Crippen LogP contribution < -0.4 is 26.9 Å². The fourth-order valence-electron chi connectivity index (χ4n) is 2.15. The van der Waals surface area contributed by atoms with Gasteiger partial charge >= 0.3 is 6.18 Å². The van der Waals surface area contributed by atoms with Gasteiger partial charge in [0.05, 0.1) is 10.6 Å². The standard InChI is InChI=1S/C15H15BF4N8O4/c16-9-5-8(1-2-10(9)17)24-14(25-29)12-13(27-32-26-12)22-4-3-21-11(6-28(30)31)23-7-15(18,19)20/h1-2,5-6,21,23,29H,3-4,7H2,(H,22,27)(H,24,25)/b11-6-. The molecule has 0 bridgehead atoms. The van der Waals surface area contributed by atoms with E-state index in [1.54, 1.807) is 5.48 Å². The van der Waals surface area contributed by atoms with Crippen LogP contribution in [0.1, 0.15) is 5.69 Å². The molecule has 0 spiro atoms. The zero-order valence-electron chi connectivity index (χ0n) is 16.0. The van der Waals surface area contributed by atoms with E-state index in [4.69, 9.17) is 7.85 Å². The van der Waals surface area contributed by atoms with Crippen LogP contribution in [0.15, 0.2) is 39.8 Å². The van der Waals surface area contributed by atoms with E-state index in [-0.39, 0.29) is 41.6 Å². The number of nitrogens with one attached hydrogen (secondary N) is 4. The van der Waals surface area contributed by atoms with Crippen molar-refractivity contribution >= 4 is 30.6 Å². The lowest BCUT2D eigenvalue weighted by Gasteiger charge is -2.13. The molecule has 1 aromatic carbocycles. The third-order valence-electron chi connectivity index (χ3n) is 3.49. The fraction of sp³-hybridized carbons (Fsp3) is 0.267. The number of hydroxylamine groups is 1. The van der Waals surface area contributed by atoms with Crippen LogP contribution in [0.5, 0.6) is 0 Å². The third kappa shape index (κ3) is 7.75. The average molecular weight is 458 g/mol. The molecule has 0 saturated carbocycles. The number of nitro groups is 1. The molecular weight excluding hydrogens is 443 g/mol. The molecule has 1 heterocycles. The first-order chi connectivity index (χ1) is 15.1. The SMILES string of the molecule is [B]c1cc(N=C(NO)c2nonc2NCCN/C(=C/[N+](=O)[O-])NCC(F)(F)F)ccc1F. The highest BCUT2D eigenvalue weighted by Gasteiger charge is 2.27. The predicted molar refractivity (Wildman–Crippen MR) is 103 cm³/mol. The summed E-state index contributed by atoms with van der Waals surface area (Å²) in [5, 5.41) is 34.0. The van der Waals surface area contributed by atoms with Crippen LogP contribution in [0.3, 0.4) is 0 Å². The number of aliphatic imine (C=N–C) groups is 1. The first-order valence-corrected chi connectivity index (χ1v) is 8.59. The van der Waals surface area contributed by atoms with Crippen molar-refractivity contribution in [3.8, 4) is 0 Å². The number of halogens is 4. The minimum absolute atomic E-state index is 0.00777. The van der Waals surface area contributed by atoms with Crippen LogP contribution in [0, 0.1) is 15.9 Å². The van der Waals surface area contributed by atoms with E-state index in [1.165, 1.54) is 12.1 Å². The molecule has 0 fully saturated rings. The smallest absolute Gasteiger partial charge is 0.365 e. The van der Waals surface area contributed by atoms with Crippen molar-refractivity contribution in [2.45, 2.75) is 6.18 Å². The van der Waals surface area contributed by atoms with Crippen molar-refractivity contribution in [1.82, 2.24) is 26.4 Å². The van der Waals surface area contributed by atoms with Crippen LogP contribution in [0.25, 0.3) is 0 Å². The summed E-state index contributed by atoms with van der Waals surface area (Å²) < 4.78 is 54.7. The molecule has 0 saturated heterocycles. The minimum atomic E-state index is -4.57. The normalized spacial score (nSPS) is 12.4. The monoisotopic (exact) mass is 458 g/mol. The van der Waals surface area contributed by atoms with Crippen LogP contribution in [0.2, 0.25) is 0 Å². The van der Waals surface area contributed by atoms with Gasteiger partial charge in [0, 0.05) is 13.1 Å². The molecule has 0 atom stereocenters. The maximum Gasteiger partial charge on any atom is 0.405 e. The first kappa shape index (κ1) is 24.4. The summed E-state index contributed by atoms with van der Waals surface area (Å²) in [6.45, 7) is -1.56. The van der Waals surface area contributed by atoms with Crippen LogP contribution in [-0.4, -0.2) is 59.9 Å². The Balaban J connectivity index is 2.01. The number of benzene rings is 1. The van der Waals surface area contributed by atoms with Gasteiger partial charge < -0.3 is 16.0 Å². The van der Waals surface area contributed by atoms with Gasteiger partial charge in [0.1, 0.15) is 20.2 Å². The Morgan fingerprint density at radius 1 is 1.31 bits per heavy atom. The average Bonchev–Trinajstić information content (AvgIpc) is 3.17. The topological polar surface area (TPSA) is 163 Å². The molecule has 0 unspecified atom stereocenters. The number of anilines is 1. The number of rotatable bonds is 10.